The van der Waals surface area contributed by atoms with Crippen molar-refractivity contribution in [2.75, 3.05) is 25.1 Å². The van der Waals surface area contributed by atoms with E-state index < -0.39 is 11.9 Å². The maximum Gasteiger partial charge on any atom is 0.141 e. The molecule has 1 atom stereocenters. The van der Waals surface area contributed by atoms with E-state index in [0.717, 1.165) is 45.9 Å². The topological polar surface area (TPSA) is 78.4 Å². The molecule has 134 valence electrons. The molecule has 4 rings (SSSR count). The summed E-state index contributed by atoms with van der Waals surface area (Å²) < 4.78 is 5.24. The molecule has 1 aliphatic heterocycles. The number of hydrogen-bond donors (Lipinski definition) is 0. The van der Waals surface area contributed by atoms with Crippen LogP contribution < -0.4 is 14.7 Å². The lowest BCUT2D eigenvalue weighted by molar-refractivity contribution is -0.311. The van der Waals surface area contributed by atoms with Crippen molar-refractivity contribution in [3.63, 3.8) is 0 Å². The van der Waals surface area contributed by atoms with E-state index in [-0.39, 0.29) is 0 Å². The predicted molar refractivity (Wildman–Crippen MR) is 99.3 cm³/mol. The summed E-state index contributed by atoms with van der Waals surface area (Å²) in [5, 5.41) is 14.4. The highest BCUT2D eigenvalue weighted by Crippen LogP contribution is 2.39. The Morgan fingerprint density at radius 1 is 1.31 bits per heavy atom. The van der Waals surface area contributed by atoms with Gasteiger partial charge in [-0.25, -0.2) is 9.97 Å². The minimum Gasteiger partial charge on any atom is -0.550 e. The summed E-state index contributed by atoms with van der Waals surface area (Å²) in [4.78, 5) is 23.2. The first-order chi connectivity index (χ1) is 12.7. The predicted octanol–water partition coefficient (Wildman–Crippen LogP) is 2.33. The molecule has 0 bridgehead atoms. The Morgan fingerprint density at radius 3 is 2.85 bits per heavy atom. The molecule has 1 saturated heterocycles. The number of carboxylic acids is 1. The SMILES string of the molecule is COc1ccc(-c2csc3ncnc(N4CCC[C@@H](C(=O)[O-])C4)c23)cc1. The number of ether oxygens (including phenoxy) is 1. The fourth-order valence-corrected chi connectivity index (χ4v) is 4.35. The number of hydrogen-bond acceptors (Lipinski definition) is 7. The number of carboxylic acid groups (broad SMARTS) is 1. The molecule has 6 nitrogen and oxygen atoms in total. The number of carbonyl (C=O) groups is 1. The Hall–Kier alpha value is -2.67. The van der Waals surface area contributed by atoms with Gasteiger partial charge in [-0.1, -0.05) is 12.1 Å². The molecule has 0 unspecified atom stereocenters. The number of fused-ring (bicyclic) bond motifs is 1. The van der Waals surface area contributed by atoms with Crippen molar-refractivity contribution < 1.29 is 14.6 Å². The number of aliphatic carboxylic acids is 1. The van der Waals surface area contributed by atoms with Crippen LogP contribution in [0, 0.1) is 5.92 Å². The standard InChI is InChI=1S/C19H19N3O3S/c1-25-14-6-4-12(5-7-14)15-10-26-18-16(15)17(20-11-21-18)22-8-2-3-13(9-22)19(23)24/h4-7,10-11,13H,2-3,8-9H2,1H3,(H,23,24)/p-1/t13-/m1/s1. The first-order valence-electron chi connectivity index (χ1n) is 8.50. The number of piperidine rings is 1. The smallest absolute Gasteiger partial charge is 0.141 e. The van der Waals surface area contributed by atoms with Crippen LogP contribution in [0.15, 0.2) is 36.0 Å². The Labute approximate surface area is 155 Å². The summed E-state index contributed by atoms with van der Waals surface area (Å²) in [6, 6.07) is 7.87. The van der Waals surface area contributed by atoms with Gasteiger partial charge in [0.1, 0.15) is 22.7 Å². The van der Waals surface area contributed by atoms with Gasteiger partial charge in [0, 0.05) is 35.9 Å². The van der Waals surface area contributed by atoms with E-state index in [2.05, 4.69) is 15.3 Å². The molecule has 0 spiro atoms. The monoisotopic (exact) mass is 368 g/mol. The van der Waals surface area contributed by atoms with Crippen LogP contribution in [0.2, 0.25) is 0 Å². The third-order valence-electron chi connectivity index (χ3n) is 4.81. The molecule has 0 radical (unpaired) electrons. The van der Waals surface area contributed by atoms with E-state index in [4.69, 9.17) is 4.74 Å². The molecule has 0 N–H and O–H groups in total. The Morgan fingerprint density at radius 2 is 2.12 bits per heavy atom. The minimum atomic E-state index is -0.985. The molecular weight excluding hydrogens is 350 g/mol. The molecule has 3 aromatic rings. The minimum absolute atomic E-state index is 0.423. The highest BCUT2D eigenvalue weighted by Gasteiger charge is 2.25. The molecule has 1 aliphatic rings. The van der Waals surface area contributed by atoms with Crippen LogP contribution in [0.3, 0.4) is 0 Å². The number of anilines is 1. The highest BCUT2D eigenvalue weighted by atomic mass is 32.1. The molecule has 1 aromatic carbocycles. The Bertz CT molecular complexity index is 939. The fraction of sp³-hybridized carbons (Fsp3) is 0.316. The van der Waals surface area contributed by atoms with Gasteiger partial charge in [0.2, 0.25) is 0 Å². The van der Waals surface area contributed by atoms with Crippen molar-refractivity contribution in [1.82, 2.24) is 9.97 Å². The van der Waals surface area contributed by atoms with Crippen LogP contribution in [0.4, 0.5) is 5.82 Å². The lowest BCUT2D eigenvalue weighted by Gasteiger charge is -2.34. The third-order valence-corrected chi connectivity index (χ3v) is 5.69. The molecule has 7 heteroatoms. The molecule has 2 aromatic heterocycles. The number of benzene rings is 1. The molecule has 3 heterocycles. The lowest BCUT2D eigenvalue weighted by Crippen LogP contribution is -2.44. The van der Waals surface area contributed by atoms with Gasteiger partial charge in [0.15, 0.2) is 0 Å². The molecule has 1 fully saturated rings. The number of carbonyl (C=O) groups excluding carboxylic acids is 1. The van der Waals surface area contributed by atoms with Gasteiger partial charge in [0.25, 0.3) is 0 Å². The van der Waals surface area contributed by atoms with E-state index in [9.17, 15) is 9.90 Å². The first-order valence-corrected chi connectivity index (χ1v) is 9.37. The zero-order chi connectivity index (χ0) is 18.1. The molecule has 0 saturated carbocycles. The van der Waals surface area contributed by atoms with Crippen LogP contribution in [0.1, 0.15) is 12.8 Å². The summed E-state index contributed by atoms with van der Waals surface area (Å²) in [7, 11) is 1.64. The summed E-state index contributed by atoms with van der Waals surface area (Å²) in [6.45, 7) is 1.21. The number of rotatable bonds is 4. The number of nitrogens with zero attached hydrogens (tertiary/aromatic N) is 3. The van der Waals surface area contributed by atoms with Crippen molar-refractivity contribution in [2.24, 2.45) is 5.92 Å². The van der Waals surface area contributed by atoms with Gasteiger partial charge in [-0.3, -0.25) is 0 Å². The van der Waals surface area contributed by atoms with Gasteiger partial charge in [-0.15, -0.1) is 11.3 Å². The van der Waals surface area contributed by atoms with Gasteiger partial charge in [0.05, 0.1) is 12.5 Å². The summed E-state index contributed by atoms with van der Waals surface area (Å²) in [5.74, 6) is 0.156. The average Bonchev–Trinajstić information content (AvgIpc) is 3.12. The maximum absolute atomic E-state index is 11.3. The second-order valence-electron chi connectivity index (χ2n) is 6.36. The van der Waals surface area contributed by atoms with Crippen LogP contribution in [0.5, 0.6) is 5.75 Å². The highest BCUT2D eigenvalue weighted by molar-refractivity contribution is 7.17. The summed E-state index contributed by atoms with van der Waals surface area (Å²) in [5.41, 5.74) is 2.11. The van der Waals surface area contributed by atoms with Crippen LogP contribution in [-0.4, -0.2) is 36.1 Å². The number of methoxy groups -OCH3 is 1. The van der Waals surface area contributed by atoms with Crippen LogP contribution in [-0.2, 0) is 4.79 Å². The van der Waals surface area contributed by atoms with Gasteiger partial charge < -0.3 is 19.5 Å². The second kappa shape index (κ2) is 6.92. The summed E-state index contributed by atoms with van der Waals surface area (Å²) in [6.07, 6.45) is 3.02. The fourth-order valence-electron chi connectivity index (χ4n) is 3.44. The molecule has 0 aliphatic carbocycles. The summed E-state index contributed by atoms with van der Waals surface area (Å²) >= 11 is 1.57. The largest absolute Gasteiger partial charge is 0.550 e. The van der Waals surface area contributed by atoms with E-state index in [1.165, 1.54) is 0 Å². The zero-order valence-corrected chi connectivity index (χ0v) is 15.2. The van der Waals surface area contributed by atoms with Crippen molar-refractivity contribution in [1.29, 1.82) is 0 Å². The Kier molecular flexibility index (Phi) is 4.46. The number of thiophene rings is 1. The average molecular weight is 368 g/mol. The van der Waals surface area contributed by atoms with Crippen LogP contribution in [0.25, 0.3) is 21.3 Å². The third kappa shape index (κ3) is 2.99. The normalized spacial score (nSPS) is 17.4. The van der Waals surface area contributed by atoms with Crippen molar-refractivity contribution in [2.45, 2.75) is 12.8 Å². The van der Waals surface area contributed by atoms with E-state index in [1.807, 2.05) is 29.2 Å². The lowest BCUT2D eigenvalue weighted by atomic mass is 9.97. The maximum atomic E-state index is 11.3. The van der Waals surface area contributed by atoms with E-state index in [1.54, 1.807) is 24.8 Å². The van der Waals surface area contributed by atoms with Gasteiger partial charge in [-0.2, -0.15) is 0 Å². The van der Waals surface area contributed by atoms with E-state index >= 15 is 0 Å². The zero-order valence-electron chi connectivity index (χ0n) is 14.3. The van der Waals surface area contributed by atoms with Crippen molar-refractivity contribution in [3.8, 4) is 16.9 Å². The van der Waals surface area contributed by atoms with E-state index in [0.29, 0.717) is 13.0 Å². The molecule has 0 amide bonds. The second-order valence-corrected chi connectivity index (χ2v) is 7.22. The van der Waals surface area contributed by atoms with Gasteiger partial charge >= 0.3 is 0 Å². The van der Waals surface area contributed by atoms with Crippen LogP contribution >= 0.6 is 11.3 Å². The molecule has 26 heavy (non-hydrogen) atoms. The van der Waals surface area contributed by atoms with Gasteiger partial charge in [-0.05, 0) is 30.5 Å². The van der Waals surface area contributed by atoms with Crippen molar-refractivity contribution in [3.05, 3.63) is 36.0 Å². The first kappa shape index (κ1) is 16.8. The number of aromatic nitrogens is 2. The molecular formula is C19H18N3O3S-. The van der Waals surface area contributed by atoms with Crippen molar-refractivity contribution >= 4 is 33.3 Å². The Balaban J connectivity index is 1.78. The quantitative estimate of drug-likeness (QED) is 0.703.